The first-order valence-electron chi connectivity index (χ1n) is 5.07. The maximum Gasteiger partial charge on any atom is 0.338 e. The van der Waals surface area contributed by atoms with Crippen LogP contribution in [0.15, 0.2) is 30.3 Å². The predicted molar refractivity (Wildman–Crippen MR) is 73.8 cm³/mol. The summed E-state index contributed by atoms with van der Waals surface area (Å²) in [6.45, 7) is 0. The van der Waals surface area contributed by atoms with E-state index in [4.69, 9.17) is 39.9 Å². The lowest BCUT2D eigenvalue weighted by Gasteiger charge is -2.08. The van der Waals surface area contributed by atoms with Gasteiger partial charge in [0, 0.05) is 20.6 Å². The summed E-state index contributed by atoms with van der Waals surface area (Å²) in [6.07, 6.45) is 0. The van der Waals surface area contributed by atoms with Crippen LogP contribution in [0.25, 0.3) is 11.1 Å². The summed E-state index contributed by atoms with van der Waals surface area (Å²) in [5.74, 6) is -2.25. The summed E-state index contributed by atoms with van der Waals surface area (Å²) in [5, 5.41) is 9.66. The largest absolute Gasteiger partial charge is 0.478 e. The molecule has 0 heterocycles. The standard InChI is InChI=1S/C13H6Cl3FO2/c14-7-1-6(2-8(15)3-7)9-5-12(17)10(13(18)19)4-11(9)16/h1-5H,(H,18,19). The number of carboxylic acids is 1. The maximum absolute atomic E-state index is 13.7. The van der Waals surface area contributed by atoms with Crippen LogP contribution >= 0.6 is 34.8 Å². The molecule has 2 rings (SSSR count). The zero-order chi connectivity index (χ0) is 14.2. The van der Waals surface area contributed by atoms with Crippen LogP contribution in [0.2, 0.25) is 15.1 Å². The lowest BCUT2D eigenvalue weighted by Crippen LogP contribution is -2.01. The molecule has 0 unspecified atom stereocenters. The summed E-state index contributed by atoms with van der Waals surface area (Å²) in [6, 6.07) is 6.77. The molecule has 0 atom stereocenters. The van der Waals surface area contributed by atoms with Crippen molar-refractivity contribution in [3.8, 4) is 11.1 Å². The van der Waals surface area contributed by atoms with E-state index in [9.17, 15) is 9.18 Å². The molecule has 0 aliphatic carbocycles. The normalized spacial score (nSPS) is 10.5. The topological polar surface area (TPSA) is 37.3 Å². The molecular formula is C13H6Cl3FO2. The summed E-state index contributed by atoms with van der Waals surface area (Å²) < 4.78 is 13.7. The summed E-state index contributed by atoms with van der Waals surface area (Å²) >= 11 is 17.7. The molecule has 0 radical (unpaired) electrons. The Morgan fingerprint density at radius 2 is 1.58 bits per heavy atom. The molecule has 0 aliphatic rings. The number of carboxylic acid groups (broad SMARTS) is 1. The van der Waals surface area contributed by atoms with Gasteiger partial charge in [0.15, 0.2) is 0 Å². The smallest absolute Gasteiger partial charge is 0.338 e. The minimum atomic E-state index is -1.38. The SMILES string of the molecule is O=C(O)c1cc(Cl)c(-c2cc(Cl)cc(Cl)c2)cc1F. The number of carbonyl (C=O) groups is 1. The second kappa shape index (κ2) is 5.37. The van der Waals surface area contributed by atoms with E-state index in [2.05, 4.69) is 0 Å². The summed E-state index contributed by atoms with van der Waals surface area (Å²) in [7, 11) is 0. The van der Waals surface area contributed by atoms with E-state index in [1.807, 2.05) is 0 Å². The molecule has 2 aromatic carbocycles. The molecule has 2 nitrogen and oxygen atoms in total. The highest BCUT2D eigenvalue weighted by Gasteiger charge is 2.15. The highest BCUT2D eigenvalue weighted by Crippen LogP contribution is 2.33. The van der Waals surface area contributed by atoms with E-state index in [1.54, 1.807) is 12.1 Å². The molecule has 6 heteroatoms. The van der Waals surface area contributed by atoms with E-state index in [-0.39, 0.29) is 5.02 Å². The second-order valence-electron chi connectivity index (χ2n) is 3.78. The number of benzene rings is 2. The van der Waals surface area contributed by atoms with Crippen molar-refractivity contribution >= 4 is 40.8 Å². The van der Waals surface area contributed by atoms with Crippen LogP contribution in [0.5, 0.6) is 0 Å². The highest BCUT2D eigenvalue weighted by molar-refractivity contribution is 6.36. The first-order valence-corrected chi connectivity index (χ1v) is 6.20. The van der Waals surface area contributed by atoms with Gasteiger partial charge in [-0.1, -0.05) is 34.8 Å². The number of aromatic carboxylic acids is 1. The Bertz CT molecular complexity index is 651. The Morgan fingerprint density at radius 3 is 2.11 bits per heavy atom. The van der Waals surface area contributed by atoms with Crippen LogP contribution in [0.1, 0.15) is 10.4 Å². The lowest BCUT2D eigenvalue weighted by atomic mass is 10.0. The average Bonchev–Trinajstić information content (AvgIpc) is 2.30. The fourth-order valence-electron chi connectivity index (χ4n) is 1.64. The van der Waals surface area contributed by atoms with Crippen LogP contribution < -0.4 is 0 Å². The van der Waals surface area contributed by atoms with Gasteiger partial charge < -0.3 is 5.11 Å². The lowest BCUT2D eigenvalue weighted by molar-refractivity contribution is 0.0692. The van der Waals surface area contributed by atoms with Crippen molar-refractivity contribution in [1.82, 2.24) is 0 Å². The number of rotatable bonds is 2. The third-order valence-corrected chi connectivity index (χ3v) is 3.21. The Kier molecular flexibility index (Phi) is 3.99. The third kappa shape index (κ3) is 3.00. The van der Waals surface area contributed by atoms with E-state index in [0.717, 1.165) is 12.1 Å². The molecule has 0 spiro atoms. The molecule has 0 saturated heterocycles. The molecule has 0 aromatic heterocycles. The number of hydrogen-bond acceptors (Lipinski definition) is 1. The van der Waals surface area contributed by atoms with Crippen molar-refractivity contribution in [1.29, 1.82) is 0 Å². The Labute approximate surface area is 123 Å². The fourth-order valence-corrected chi connectivity index (χ4v) is 2.44. The van der Waals surface area contributed by atoms with Crippen molar-refractivity contribution in [2.45, 2.75) is 0 Å². The summed E-state index contributed by atoms with van der Waals surface area (Å²) in [4.78, 5) is 10.8. The molecule has 0 aliphatic heterocycles. The summed E-state index contributed by atoms with van der Waals surface area (Å²) in [5.41, 5.74) is 0.355. The van der Waals surface area contributed by atoms with Crippen LogP contribution in [-0.4, -0.2) is 11.1 Å². The van der Waals surface area contributed by atoms with Gasteiger partial charge in [-0.05, 0) is 35.9 Å². The molecule has 0 fully saturated rings. The fraction of sp³-hybridized carbons (Fsp3) is 0. The maximum atomic E-state index is 13.7. The molecule has 2 aromatic rings. The van der Waals surface area contributed by atoms with Crippen molar-refractivity contribution in [2.75, 3.05) is 0 Å². The van der Waals surface area contributed by atoms with Gasteiger partial charge in [-0.25, -0.2) is 9.18 Å². The van der Waals surface area contributed by atoms with E-state index < -0.39 is 17.3 Å². The molecule has 0 saturated carbocycles. The van der Waals surface area contributed by atoms with E-state index in [0.29, 0.717) is 21.2 Å². The van der Waals surface area contributed by atoms with Gasteiger partial charge in [-0.15, -0.1) is 0 Å². The average molecular weight is 320 g/mol. The first-order chi connectivity index (χ1) is 8.88. The first kappa shape index (κ1) is 14.1. The van der Waals surface area contributed by atoms with Crippen LogP contribution in [0.3, 0.4) is 0 Å². The van der Waals surface area contributed by atoms with E-state index >= 15 is 0 Å². The van der Waals surface area contributed by atoms with Crippen molar-refractivity contribution < 1.29 is 14.3 Å². The Morgan fingerprint density at radius 1 is 1.00 bits per heavy atom. The van der Waals surface area contributed by atoms with Crippen molar-refractivity contribution in [3.05, 3.63) is 56.8 Å². The minimum absolute atomic E-state index is 0.108. The van der Waals surface area contributed by atoms with Gasteiger partial charge in [0.25, 0.3) is 0 Å². The monoisotopic (exact) mass is 318 g/mol. The van der Waals surface area contributed by atoms with E-state index in [1.165, 1.54) is 6.07 Å². The third-order valence-electron chi connectivity index (χ3n) is 2.46. The zero-order valence-electron chi connectivity index (χ0n) is 9.25. The van der Waals surface area contributed by atoms with Gasteiger partial charge in [-0.3, -0.25) is 0 Å². The van der Waals surface area contributed by atoms with Crippen molar-refractivity contribution in [3.63, 3.8) is 0 Å². The van der Waals surface area contributed by atoms with Crippen LogP contribution in [0.4, 0.5) is 4.39 Å². The zero-order valence-corrected chi connectivity index (χ0v) is 11.5. The molecule has 0 amide bonds. The Balaban J connectivity index is 2.63. The van der Waals surface area contributed by atoms with Gasteiger partial charge in [0.2, 0.25) is 0 Å². The van der Waals surface area contributed by atoms with Gasteiger partial charge in [0.05, 0.1) is 5.56 Å². The molecule has 0 bridgehead atoms. The minimum Gasteiger partial charge on any atom is -0.478 e. The number of halogens is 4. The molecule has 19 heavy (non-hydrogen) atoms. The molecule has 98 valence electrons. The second-order valence-corrected chi connectivity index (χ2v) is 5.06. The Hall–Kier alpha value is -1.29. The molecular weight excluding hydrogens is 313 g/mol. The highest BCUT2D eigenvalue weighted by atomic mass is 35.5. The molecule has 1 N–H and O–H groups in total. The number of hydrogen-bond donors (Lipinski definition) is 1. The van der Waals surface area contributed by atoms with Crippen LogP contribution in [0, 0.1) is 5.82 Å². The predicted octanol–water partition coefficient (Wildman–Crippen LogP) is 5.15. The van der Waals surface area contributed by atoms with Gasteiger partial charge in [0.1, 0.15) is 5.82 Å². The van der Waals surface area contributed by atoms with Gasteiger partial charge in [-0.2, -0.15) is 0 Å². The van der Waals surface area contributed by atoms with Crippen molar-refractivity contribution in [2.24, 2.45) is 0 Å². The van der Waals surface area contributed by atoms with Gasteiger partial charge >= 0.3 is 5.97 Å². The quantitative estimate of drug-likeness (QED) is 0.831. The van der Waals surface area contributed by atoms with Crippen LogP contribution in [-0.2, 0) is 0 Å².